The third-order valence-corrected chi connectivity index (χ3v) is 4.89. The van der Waals surface area contributed by atoms with Gasteiger partial charge in [-0.2, -0.15) is 0 Å². The van der Waals surface area contributed by atoms with Crippen LogP contribution in [0.2, 0.25) is 5.02 Å². The molecule has 1 saturated carbocycles. The third kappa shape index (κ3) is 4.06. The number of carbonyl (C=O) groups excluding carboxylic acids is 1. The number of hydrogen-bond donors (Lipinski definition) is 2. The van der Waals surface area contributed by atoms with Gasteiger partial charge in [-0.05, 0) is 49.6 Å². The molecule has 4 nitrogen and oxygen atoms in total. The molecule has 0 saturated heterocycles. The van der Waals surface area contributed by atoms with Crippen molar-refractivity contribution in [2.75, 3.05) is 10.6 Å². The molecule has 5 heteroatoms. The Morgan fingerprint density at radius 1 is 1.21 bits per heavy atom. The van der Waals surface area contributed by atoms with Crippen LogP contribution in [-0.4, -0.2) is 16.9 Å². The van der Waals surface area contributed by atoms with E-state index in [1.807, 2.05) is 31.2 Å². The quantitative estimate of drug-likeness (QED) is 0.817. The van der Waals surface area contributed by atoms with Crippen LogP contribution in [0.5, 0.6) is 0 Å². The zero-order chi connectivity index (χ0) is 16.9. The van der Waals surface area contributed by atoms with E-state index in [9.17, 15) is 4.79 Å². The molecule has 0 aliphatic heterocycles. The van der Waals surface area contributed by atoms with Crippen LogP contribution < -0.4 is 10.6 Å². The van der Waals surface area contributed by atoms with Crippen molar-refractivity contribution in [2.45, 2.75) is 45.1 Å². The van der Waals surface area contributed by atoms with Crippen LogP contribution in [0.25, 0.3) is 0 Å². The molecule has 1 aromatic carbocycles. The SMILES string of the molecule is Cc1c(Cl)cccc1NC(=O)c1cc(NC2CCCCC2)ccn1. The second kappa shape index (κ2) is 7.67. The number of benzene rings is 1. The van der Waals surface area contributed by atoms with Crippen LogP contribution >= 0.6 is 11.6 Å². The molecule has 2 aromatic rings. The Labute approximate surface area is 147 Å². The molecule has 1 amide bonds. The highest BCUT2D eigenvalue weighted by Gasteiger charge is 2.15. The molecular formula is C19H22ClN3O. The van der Waals surface area contributed by atoms with Crippen LogP contribution in [0.1, 0.15) is 48.2 Å². The summed E-state index contributed by atoms with van der Waals surface area (Å²) in [7, 11) is 0. The lowest BCUT2D eigenvalue weighted by atomic mass is 9.95. The summed E-state index contributed by atoms with van der Waals surface area (Å²) in [6.07, 6.45) is 7.90. The minimum atomic E-state index is -0.229. The van der Waals surface area contributed by atoms with Crippen molar-refractivity contribution in [1.82, 2.24) is 4.98 Å². The van der Waals surface area contributed by atoms with Crippen molar-refractivity contribution < 1.29 is 4.79 Å². The largest absolute Gasteiger partial charge is 0.382 e. The van der Waals surface area contributed by atoms with Gasteiger partial charge in [-0.1, -0.05) is 36.9 Å². The molecule has 2 N–H and O–H groups in total. The van der Waals surface area contributed by atoms with Gasteiger partial charge < -0.3 is 10.6 Å². The lowest BCUT2D eigenvalue weighted by molar-refractivity contribution is 0.102. The molecule has 0 atom stereocenters. The topological polar surface area (TPSA) is 54.0 Å². The van der Waals surface area contributed by atoms with Gasteiger partial charge in [-0.15, -0.1) is 0 Å². The van der Waals surface area contributed by atoms with Crippen molar-refractivity contribution in [2.24, 2.45) is 0 Å². The van der Waals surface area contributed by atoms with Crippen LogP contribution in [0.15, 0.2) is 36.5 Å². The first-order valence-corrected chi connectivity index (χ1v) is 8.80. The first-order chi connectivity index (χ1) is 11.6. The lowest BCUT2D eigenvalue weighted by Gasteiger charge is -2.23. The van der Waals surface area contributed by atoms with Gasteiger partial charge in [-0.25, -0.2) is 0 Å². The molecule has 126 valence electrons. The molecule has 0 spiro atoms. The predicted octanol–water partition coefficient (Wildman–Crippen LogP) is 5.04. The van der Waals surface area contributed by atoms with E-state index >= 15 is 0 Å². The van der Waals surface area contributed by atoms with Crippen molar-refractivity contribution in [3.8, 4) is 0 Å². The highest BCUT2D eigenvalue weighted by Crippen LogP contribution is 2.24. The number of pyridine rings is 1. The van der Waals surface area contributed by atoms with Gasteiger partial charge in [0.2, 0.25) is 0 Å². The summed E-state index contributed by atoms with van der Waals surface area (Å²) in [6.45, 7) is 1.88. The van der Waals surface area contributed by atoms with Crippen LogP contribution in [0, 0.1) is 6.92 Å². The molecule has 0 bridgehead atoms. The second-order valence-corrected chi connectivity index (χ2v) is 6.68. The second-order valence-electron chi connectivity index (χ2n) is 6.28. The van der Waals surface area contributed by atoms with Gasteiger partial charge in [0, 0.05) is 28.6 Å². The number of amides is 1. The molecule has 24 heavy (non-hydrogen) atoms. The van der Waals surface area contributed by atoms with Gasteiger partial charge in [0.15, 0.2) is 0 Å². The van der Waals surface area contributed by atoms with Crippen LogP contribution in [0.3, 0.4) is 0 Å². The number of hydrogen-bond acceptors (Lipinski definition) is 3. The molecular weight excluding hydrogens is 322 g/mol. The van der Waals surface area contributed by atoms with Crippen molar-refractivity contribution in [1.29, 1.82) is 0 Å². The van der Waals surface area contributed by atoms with Gasteiger partial charge in [0.05, 0.1) is 0 Å². The average molecular weight is 344 g/mol. The van der Waals surface area contributed by atoms with E-state index in [0.29, 0.717) is 22.4 Å². The Balaban J connectivity index is 1.70. The van der Waals surface area contributed by atoms with E-state index in [0.717, 1.165) is 11.3 Å². The zero-order valence-electron chi connectivity index (χ0n) is 13.8. The number of halogens is 1. The number of nitrogens with one attached hydrogen (secondary N) is 2. The number of anilines is 2. The monoisotopic (exact) mass is 343 g/mol. The fraction of sp³-hybridized carbons (Fsp3) is 0.368. The number of nitrogens with zero attached hydrogens (tertiary/aromatic N) is 1. The molecule has 1 heterocycles. The molecule has 1 aliphatic carbocycles. The average Bonchev–Trinajstić information content (AvgIpc) is 2.60. The van der Waals surface area contributed by atoms with Crippen LogP contribution in [0.4, 0.5) is 11.4 Å². The number of aromatic nitrogens is 1. The Bertz CT molecular complexity index is 726. The van der Waals surface area contributed by atoms with E-state index in [1.165, 1.54) is 32.1 Å². The van der Waals surface area contributed by atoms with Gasteiger partial charge in [-0.3, -0.25) is 9.78 Å². The van der Waals surface area contributed by atoms with Crippen molar-refractivity contribution in [3.63, 3.8) is 0 Å². The van der Waals surface area contributed by atoms with E-state index in [2.05, 4.69) is 15.6 Å². The highest BCUT2D eigenvalue weighted by molar-refractivity contribution is 6.31. The van der Waals surface area contributed by atoms with Gasteiger partial charge in [0.1, 0.15) is 5.69 Å². The molecule has 1 aliphatic rings. The predicted molar refractivity (Wildman–Crippen MR) is 98.9 cm³/mol. The van der Waals surface area contributed by atoms with Crippen molar-refractivity contribution >= 4 is 28.9 Å². The van der Waals surface area contributed by atoms with E-state index in [4.69, 9.17) is 11.6 Å². The maximum absolute atomic E-state index is 12.5. The van der Waals surface area contributed by atoms with E-state index < -0.39 is 0 Å². The minimum Gasteiger partial charge on any atom is -0.382 e. The van der Waals surface area contributed by atoms with E-state index in [-0.39, 0.29) is 5.91 Å². The molecule has 0 radical (unpaired) electrons. The normalized spacial score (nSPS) is 15.1. The fourth-order valence-corrected chi connectivity index (χ4v) is 3.23. The summed E-state index contributed by atoms with van der Waals surface area (Å²) in [5.41, 5.74) is 2.91. The standard InChI is InChI=1S/C19H22ClN3O/c1-13-16(20)8-5-9-17(13)23-19(24)18-12-15(10-11-21-18)22-14-6-3-2-4-7-14/h5,8-12,14H,2-4,6-7H2,1H3,(H,21,22)(H,23,24). The molecule has 1 fully saturated rings. The Morgan fingerprint density at radius 3 is 2.79 bits per heavy atom. The molecule has 3 rings (SSSR count). The minimum absolute atomic E-state index is 0.229. The first kappa shape index (κ1) is 16.8. The number of carbonyl (C=O) groups is 1. The summed E-state index contributed by atoms with van der Waals surface area (Å²) in [6, 6.07) is 9.68. The summed E-state index contributed by atoms with van der Waals surface area (Å²) in [4.78, 5) is 16.7. The highest BCUT2D eigenvalue weighted by atomic mass is 35.5. The zero-order valence-corrected chi connectivity index (χ0v) is 14.6. The van der Waals surface area contributed by atoms with Gasteiger partial charge in [0.25, 0.3) is 5.91 Å². The Morgan fingerprint density at radius 2 is 2.00 bits per heavy atom. The third-order valence-electron chi connectivity index (χ3n) is 4.48. The van der Waals surface area contributed by atoms with E-state index in [1.54, 1.807) is 12.3 Å². The molecule has 1 aromatic heterocycles. The summed E-state index contributed by atoms with van der Waals surface area (Å²) >= 11 is 6.10. The maximum atomic E-state index is 12.5. The maximum Gasteiger partial charge on any atom is 0.274 e. The number of rotatable bonds is 4. The Hall–Kier alpha value is -2.07. The van der Waals surface area contributed by atoms with Gasteiger partial charge >= 0.3 is 0 Å². The smallest absolute Gasteiger partial charge is 0.274 e. The first-order valence-electron chi connectivity index (χ1n) is 8.42. The summed E-state index contributed by atoms with van der Waals surface area (Å²) < 4.78 is 0. The summed E-state index contributed by atoms with van der Waals surface area (Å²) in [5, 5.41) is 7.04. The Kier molecular flexibility index (Phi) is 5.36. The van der Waals surface area contributed by atoms with Crippen LogP contribution in [-0.2, 0) is 0 Å². The van der Waals surface area contributed by atoms with Crippen molar-refractivity contribution in [3.05, 3.63) is 52.8 Å². The fourth-order valence-electron chi connectivity index (χ4n) is 3.06. The molecule has 0 unspecified atom stereocenters. The lowest BCUT2D eigenvalue weighted by Crippen LogP contribution is -2.22. The summed E-state index contributed by atoms with van der Waals surface area (Å²) in [5.74, 6) is -0.229.